The second-order valence-corrected chi connectivity index (χ2v) is 6.14. The molecule has 1 spiro atoms. The number of anilines is 1. The van der Waals surface area contributed by atoms with Crippen LogP contribution in [0.4, 0.5) is 5.69 Å². The Morgan fingerprint density at radius 2 is 2.00 bits per heavy atom. The zero-order valence-electron chi connectivity index (χ0n) is 11.7. The highest BCUT2D eigenvalue weighted by molar-refractivity contribution is 5.90. The molecule has 2 aromatic rings. The maximum atomic E-state index is 4.41. The highest BCUT2D eigenvalue weighted by Gasteiger charge is 2.37. The Morgan fingerprint density at radius 3 is 2.80 bits per heavy atom. The lowest BCUT2D eigenvalue weighted by Gasteiger charge is -2.40. The minimum atomic E-state index is 0.570. The van der Waals surface area contributed by atoms with Gasteiger partial charge in [-0.05, 0) is 43.4 Å². The third-order valence-corrected chi connectivity index (χ3v) is 5.02. The summed E-state index contributed by atoms with van der Waals surface area (Å²) in [5, 5.41) is 4.76. The highest BCUT2D eigenvalue weighted by atomic mass is 15.1. The lowest BCUT2D eigenvalue weighted by atomic mass is 9.77. The molecular formula is C16H20N4. The van der Waals surface area contributed by atoms with Gasteiger partial charge in [-0.1, -0.05) is 0 Å². The number of nitrogens with zero attached hydrogens (tertiary/aromatic N) is 3. The van der Waals surface area contributed by atoms with Gasteiger partial charge in [-0.2, -0.15) is 0 Å². The largest absolute Gasteiger partial charge is 0.371 e. The van der Waals surface area contributed by atoms with Crippen LogP contribution >= 0.6 is 0 Å². The van der Waals surface area contributed by atoms with Crippen molar-refractivity contribution < 1.29 is 0 Å². The van der Waals surface area contributed by atoms with E-state index in [-0.39, 0.29) is 0 Å². The fraction of sp³-hybridized carbons (Fsp3) is 0.500. The van der Waals surface area contributed by atoms with Gasteiger partial charge in [0.05, 0.1) is 11.7 Å². The molecule has 2 aliphatic heterocycles. The number of hydrogen-bond acceptors (Lipinski definition) is 4. The summed E-state index contributed by atoms with van der Waals surface area (Å²) < 4.78 is 0. The van der Waals surface area contributed by atoms with Crippen LogP contribution in [0.1, 0.15) is 19.3 Å². The second-order valence-electron chi connectivity index (χ2n) is 6.14. The van der Waals surface area contributed by atoms with E-state index in [9.17, 15) is 0 Å². The molecule has 4 heterocycles. The van der Waals surface area contributed by atoms with Crippen LogP contribution in [0.3, 0.4) is 0 Å². The highest BCUT2D eigenvalue weighted by Crippen LogP contribution is 2.39. The first-order valence-electron chi connectivity index (χ1n) is 7.51. The van der Waals surface area contributed by atoms with Crippen LogP contribution in [0.5, 0.6) is 0 Å². The molecule has 4 rings (SSSR count). The molecule has 2 aromatic heterocycles. The number of pyridine rings is 2. The van der Waals surface area contributed by atoms with E-state index in [1.54, 1.807) is 0 Å². The molecule has 2 saturated heterocycles. The van der Waals surface area contributed by atoms with Crippen LogP contribution in [0.15, 0.2) is 30.7 Å². The van der Waals surface area contributed by atoms with E-state index in [1.807, 2.05) is 18.6 Å². The third kappa shape index (κ3) is 1.95. The maximum absolute atomic E-state index is 4.41. The van der Waals surface area contributed by atoms with Gasteiger partial charge in [0.2, 0.25) is 0 Å². The van der Waals surface area contributed by atoms with Crippen molar-refractivity contribution in [3.63, 3.8) is 0 Å². The number of fused-ring (bicyclic) bond motifs is 1. The zero-order valence-corrected chi connectivity index (χ0v) is 11.7. The van der Waals surface area contributed by atoms with Gasteiger partial charge in [-0.3, -0.25) is 9.97 Å². The van der Waals surface area contributed by atoms with Crippen molar-refractivity contribution in [1.29, 1.82) is 0 Å². The molecule has 4 nitrogen and oxygen atoms in total. The molecule has 0 unspecified atom stereocenters. The number of piperidine rings is 1. The lowest BCUT2D eigenvalue weighted by molar-refractivity contribution is 0.247. The molecule has 4 heteroatoms. The first-order valence-corrected chi connectivity index (χ1v) is 7.51. The summed E-state index contributed by atoms with van der Waals surface area (Å²) >= 11 is 0. The first kappa shape index (κ1) is 12.1. The summed E-state index contributed by atoms with van der Waals surface area (Å²) in [5.41, 5.74) is 2.88. The van der Waals surface area contributed by atoms with Crippen LogP contribution in [-0.4, -0.2) is 36.1 Å². The van der Waals surface area contributed by atoms with Crippen molar-refractivity contribution in [3.8, 4) is 0 Å². The van der Waals surface area contributed by atoms with Crippen molar-refractivity contribution in [1.82, 2.24) is 15.3 Å². The molecule has 0 aromatic carbocycles. The normalized spacial score (nSPS) is 21.7. The Hall–Kier alpha value is -1.68. The van der Waals surface area contributed by atoms with Crippen LogP contribution in [0, 0.1) is 5.41 Å². The van der Waals surface area contributed by atoms with Crippen molar-refractivity contribution in [2.75, 3.05) is 31.1 Å². The first-order chi connectivity index (χ1) is 9.86. The Labute approximate surface area is 119 Å². The Kier molecular flexibility index (Phi) is 2.84. The molecule has 0 aliphatic carbocycles. The van der Waals surface area contributed by atoms with E-state index < -0.39 is 0 Å². The van der Waals surface area contributed by atoms with Gasteiger partial charge >= 0.3 is 0 Å². The predicted octanol–water partition coefficient (Wildman–Crippen LogP) is 2.21. The summed E-state index contributed by atoms with van der Waals surface area (Å²) in [4.78, 5) is 11.1. The van der Waals surface area contributed by atoms with E-state index in [0.29, 0.717) is 5.41 Å². The van der Waals surface area contributed by atoms with Gasteiger partial charge in [0, 0.05) is 43.1 Å². The van der Waals surface area contributed by atoms with Crippen molar-refractivity contribution in [2.24, 2.45) is 5.41 Å². The van der Waals surface area contributed by atoms with Crippen molar-refractivity contribution >= 4 is 16.6 Å². The minimum Gasteiger partial charge on any atom is -0.371 e. The summed E-state index contributed by atoms with van der Waals surface area (Å²) in [6.45, 7) is 4.72. The van der Waals surface area contributed by atoms with Gasteiger partial charge in [-0.15, -0.1) is 0 Å². The SMILES string of the molecule is c1cc2c(N3CCC4(CCNC4)CC3)ccnc2cn1. The maximum Gasteiger partial charge on any atom is 0.0905 e. The number of aromatic nitrogens is 2. The van der Waals surface area contributed by atoms with E-state index in [1.165, 1.54) is 43.4 Å². The summed E-state index contributed by atoms with van der Waals surface area (Å²) in [5.74, 6) is 0. The fourth-order valence-corrected chi connectivity index (χ4v) is 3.70. The van der Waals surface area contributed by atoms with E-state index >= 15 is 0 Å². The van der Waals surface area contributed by atoms with E-state index in [4.69, 9.17) is 0 Å². The molecule has 0 saturated carbocycles. The quantitative estimate of drug-likeness (QED) is 0.861. The van der Waals surface area contributed by atoms with Gasteiger partial charge in [-0.25, -0.2) is 0 Å². The van der Waals surface area contributed by atoms with Crippen LogP contribution in [0.2, 0.25) is 0 Å². The number of nitrogens with one attached hydrogen (secondary N) is 1. The molecule has 20 heavy (non-hydrogen) atoms. The molecular weight excluding hydrogens is 248 g/mol. The Morgan fingerprint density at radius 1 is 1.10 bits per heavy atom. The minimum absolute atomic E-state index is 0.570. The average Bonchev–Trinajstić information content (AvgIpc) is 2.96. The number of rotatable bonds is 1. The Balaban J connectivity index is 1.61. The molecule has 2 fully saturated rings. The van der Waals surface area contributed by atoms with Gasteiger partial charge in [0.15, 0.2) is 0 Å². The molecule has 0 atom stereocenters. The number of hydrogen-bond donors (Lipinski definition) is 1. The van der Waals surface area contributed by atoms with Crippen LogP contribution in [0.25, 0.3) is 10.9 Å². The topological polar surface area (TPSA) is 41.0 Å². The van der Waals surface area contributed by atoms with Crippen LogP contribution in [-0.2, 0) is 0 Å². The molecule has 0 bridgehead atoms. The van der Waals surface area contributed by atoms with E-state index in [2.05, 4.69) is 32.3 Å². The smallest absolute Gasteiger partial charge is 0.0905 e. The molecule has 1 N–H and O–H groups in total. The zero-order chi connectivity index (χ0) is 13.4. The van der Waals surface area contributed by atoms with E-state index in [0.717, 1.165) is 18.6 Å². The van der Waals surface area contributed by atoms with Gasteiger partial charge < -0.3 is 10.2 Å². The molecule has 104 valence electrons. The fourth-order valence-electron chi connectivity index (χ4n) is 3.70. The van der Waals surface area contributed by atoms with Crippen LogP contribution < -0.4 is 10.2 Å². The predicted molar refractivity (Wildman–Crippen MR) is 80.9 cm³/mol. The van der Waals surface area contributed by atoms with Crippen molar-refractivity contribution in [3.05, 3.63) is 30.7 Å². The molecule has 0 radical (unpaired) electrons. The lowest BCUT2D eigenvalue weighted by Crippen LogP contribution is -2.41. The summed E-state index contributed by atoms with van der Waals surface area (Å²) in [6.07, 6.45) is 9.57. The average molecular weight is 268 g/mol. The summed E-state index contributed by atoms with van der Waals surface area (Å²) in [6, 6.07) is 4.23. The van der Waals surface area contributed by atoms with Gasteiger partial charge in [0.25, 0.3) is 0 Å². The Bertz CT molecular complexity index is 603. The van der Waals surface area contributed by atoms with Gasteiger partial charge in [0.1, 0.15) is 0 Å². The third-order valence-electron chi connectivity index (χ3n) is 5.02. The van der Waals surface area contributed by atoms with Crippen molar-refractivity contribution in [2.45, 2.75) is 19.3 Å². The second kappa shape index (κ2) is 4.70. The monoisotopic (exact) mass is 268 g/mol. The molecule has 0 amide bonds. The summed E-state index contributed by atoms with van der Waals surface area (Å²) in [7, 11) is 0. The standard InChI is InChI=1S/C16H20N4/c1-6-17-11-14-13(1)15(2-7-19-14)20-9-4-16(5-10-20)3-8-18-12-16/h1-2,6-7,11,18H,3-5,8-10,12H2. The molecule has 2 aliphatic rings.